The van der Waals surface area contributed by atoms with Gasteiger partial charge in [-0.15, -0.1) is 0 Å². The number of methoxy groups -OCH3 is 2. The van der Waals surface area contributed by atoms with Gasteiger partial charge in [0.25, 0.3) is 11.8 Å². The summed E-state index contributed by atoms with van der Waals surface area (Å²) in [6.07, 6.45) is -0.498. The number of hydrogen-bond acceptors (Lipinski definition) is 6. The maximum absolute atomic E-state index is 13.3. The first-order chi connectivity index (χ1) is 13.7. The number of amides is 2. The van der Waals surface area contributed by atoms with Crippen LogP contribution in [-0.4, -0.2) is 76.1 Å². The average Bonchev–Trinajstić information content (AvgIpc) is 3.04. The molecule has 2 atom stereocenters. The molecule has 0 bridgehead atoms. The van der Waals surface area contributed by atoms with Crippen LogP contribution in [-0.2, 0) is 9.53 Å². The third kappa shape index (κ3) is 4.41. The van der Waals surface area contributed by atoms with Crippen molar-refractivity contribution < 1.29 is 28.9 Å². The van der Waals surface area contributed by atoms with E-state index in [1.165, 1.54) is 24.0 Å². The highest BCUT2D eigenvalue weighted by atomic mass is 28.3. The van der Waals surface area contributed by atoms with Crippen molar-refractivity contribution in [2.45, 2.75) is 44.3 Å². The summed E-state index contributed by atoms with van der Waals surface area (Å²) in [6, 6.07) is 3.50. The maximum atomic E-state index is 13.3. The number of rotatable bonds is 7. The van der Waals surface area contributed by atoms with Gasteiger partial charge in [-0.1, -0.05) is 19.6 Å². The van der Waals surface area contributed by atoms with Crippen LogP contribution >= 0.6 is 0 Å². The summed E-state index contributed by atoms with van der Waals surface area (Å²) in [6.45, 7) is 7.50. The number of ether oxygens (including phenoxy) is 3. The molecule has 1 aromatic rings. The minimum absolute atomic E-state index is 0.0412. The number of carbonyl (C=O) groups is 2. The number of aliphatic hydroxyl groups excluding tert-OH is 1. The van der Waals surface area contributed by atoms with E-state index in [9.17, 15) is 14.7 Å². The molecule has 8 nitrogen and oxygen atoms in total. The van der Waals surface area contributed by atoms with Crippen LogP contribution in [0.15, 0.2) is 12.1 Å². The van der Waals surface area contributed by atoms with Gasteiger partial charge >= 0.3 is 0 Å². The van der Waals surface area contributed by atoms with Gasteiger partial charge in [0.2, 0.25) is 0 Å². The number of hydrogen-bond donors (Lipinski definition) is 1. The largest absolute Gasteiger partial charge is 0.493 e. The van der Waals surface area contributed by atoms with Gasteiger partial charge in [0.05, 0.1) is 31.6 Å². The van der Waals surface area contributed by atoms with Gasteiger partial charge in [-0.05, 0) is 12.1 Å². The zero-order valence-electron chi connectivity index (χ0n) is 17.7. The Kier molecular flexibility index (Phi) is 6.21. The Morgan fingerprint density at radius 1 is 1.14 bits per heavy atom. The summed E-state index contributed by atoms with van der Waals surface area (Å²) in [4.78, 5) is 29.4. The van der Waals surface area contributed by atoms with E-state index in [0.717, 1.165) is 6.04 Å². The number of benzene rings is 1. The fourth-order valence-corrected chi connectivity index (χ4v) is 4.41. The number of carbonyl (C=O) groups excluding carboxylic acids is 2. The lowest BCUT2D eigenvalue weighted by molar-refractivity contribution is -0.123. The van der Waals surface area contributed by atoms with E-state index >= 15 is 0 Å². The van der Waals surface area contributed by atoms with Gasteiger partial charge in [-0.25, -0.2) is 0 Å². The minimum Gasteiger partial charge on any atom is -0.493 e. The molecular formula is C20H30N2O6Si. The zero-order valence-corrected chi connectivity index (χ0v) is 18.7. The minimum atomic E-state index is -1.27. The first kappa shape index (κ1) is 21.6. The highest BCUT2D eigenvalue weighted by molar-refractivity contribution is 6.76. The topological polar surface area (TPSA) is 88.5 Å². The normalized spacial score (nSPS) is 21.7. The summed E-state index contributed by atoms with van der Waals surface area (Å²) >= 11 is 0. The van der Waals surface area contributed by atoms with E-state index < -0.39 is 20.2 Å². The van der Waals surface area contributed by atoms with E-state index in [2.05, 4.69) is 19.6 Å². The molecule has 1 fully saturated rings. The molecule has 0 radical (unpaired) electrons. The lowest BCUT2D eigenvalue weighted by Crippen LogP contribution is -2.45. The molecular weight excluding hydrogens is 392 g/mol. The predicted molar refractivity (Wildman–Crippen MR) is 111 cm³/mol. The number of anilines is 1. The molecule has 1 N–H and O–H groups in total. The van der Waals surface area contributed by atoms with Crippen molar-refractivity contribution in [1.29, 1.82) is 0 Å². The fraction of sp³-hybridized carbons (Fsp3) is 0.600. The van der Waals surface area contributed by atoms with Crippen LogP contribution in [0, 0.1) is 0 Å². The molecule has 2 amide bonds. The molecule has 9 heteroatoms. The van der Waals surface area contributed by atoms with Gasteiger partial charge in [0.1, 0.15) is 12.8 Å². The Labute approximate surface area is 172 Å². The van der Waals surface area contributed by atoms with E-state index in [1.54, 1.807) is 12.1 Å². The van der Waals surface area contributed by atoms with Crippen molar-refractivity contribution >= 4 is 25.6 Å². The third-order valence-electron chi connectivity index (χ3n) is 5.33. The second-order valence-corrected chi connectivity index (χ2v) is 14.3. The van der Waals surface area contributed by atoms with E-state index in [4.69, 9.17) is 14.2 Å². The van der Waals surface area contributed by atoms with Gasteiger partial charge < -0.3 is 24.2 Å². The molecule has 1 aromatic carbocycles. The number of aliphatic hydroxyl groups is 1. The van der Waals surface area contributed by atoms with Crippen LogP contribution in [0.4, 0.5) is 5.69 Å². The second kappa shape index (κ2) is 8.33. The summed E-state index contributed by atoms with van der Waals surface area (Å²) in [5.41, 5.74) is 0.774. The summed E-state index contributed by atoms with van der Waals surface area (Å²) in [5, 5.41) is 10.1. The van der Waals surface area contributed by atoms with Crippen molar-refractivity contribution in [3.8, 4) is 11.5 Å². The molecule has 0 saturated carbocycles. The highest BCUT2D eigenvalue weighted by Crippen LogP contribution is 2.39. The second-order valence-electron chi connectivity index (χ2n) is 8.70. The smallest absolute Gasteiger partial charge is 0.256 e. The monoisotopic (exact) mass is 422 g/mol. The maximum Gasteiger partial charge on any atom is 0.256 e. The Morgan fingerprint density at radius 2 is 1.79 bits per heavy atom. The lowest BCUT2D eigenvalue weighted by Gasteiger charge is -2.26. The van der Waals surface area contributed by atoms with E-state index in [0.29, 0.717) is 29.4 Å². The zero-order chi connectivity index (χ0) is 21.3. The van der Waals surface area contributed by atoms with Crippen molar-refractivity contribution in [2.75, 3.05) is 39.0 Å². The summed E-state index contributed by atoms with van der Waals surface area (Å²) < 4.78 is 16.6. The average molecular weight is 423 g/mol. The van der Waals surface area contributed by atoms with E-state index in [1.807, 2.05) is 0 Å². The summed E-state index contributed by atoms with van der Waals surface area (Å²) in [7, 11) is 1.73. The molecule has 2 aliphatic rings. The predicted octanol–water partition coefficient (Wildman–Crippen LogP) is 1.94. The summed E-state index contributed by atoms with van der Waals surface area (Å²) in [5.74, 6) is 0.278. The van der Waals surface area contributed by atoms with Crippen LogP contribution in [0.1, 0.15) is 16.8 Å². The molecule has 160 valence electrons. The molecule has 0 aromatic heterocycles. The quantitative estimate of drug-likeness (QED) is 0.534. The molecule has 2 aliphatic heterocycles. The standard InChI is InChI=1S/C20H30N2O6Si/c1-26-17-9-14-15(10-18(17)27-2)22(12-28-6-7-29(3,4)5)20(25)16-8-13(23)11-21(16)19(14)24/h9-10,13,16,23H,6-8,11-12H2,1-5H3/t13-,16+/m1/s1. The molecule has 0 aliphatic carbocycles. The first-order valence-corrected chi connectivity index (χ1v) is 13.5. The fourth-order valence-electron chi connectivity index (χ4n) is 3.66. The van der Waals surface area contributed by atoms with Gasteiger partial charge in [0, 0.05) is 33.7 Å². The van der Waals surface area contributed by atoms with Gasteiger partial charge in [0.15, 0.2) is 11.5 Å². The molecule has 0 spiro atoms. The number of nitrogens with zero attached hydrogens (tertiary/aromatic N) is 2. The molecule has 1 saturated heterocycles. The SMILES string of the molecule is COc1cc2c(cc1OC)N(COCC[Si](C)(C)C)C(=O)[C@@H]1C[C@@H](O)CN1C2=O. The molecule has 29 heavy (non-hydrogen) atoms. The molecule has 2 heterocycles. The Bertz CT molecular complexity index is 794. The van der Waals surface area contributed by atoms with Crippen molar-refractivity contribution in [2.24, 2.45) is 0 Å². The molecule has 3 rings (SSSR count). The van der Waals surface area contributed by atoms with Crippen LogP contribution in [0.3, 0.4) is 0 Å². The van der Waals surface area contributed by atoms with Crippen molar-refractivity contribution in [1.82, 2.24) is 4.90 Å². The Hall–Kier alpha value is -2.10. The van der Waals surface area contributed by atoms with Crippen LogP contribution < -0.4 is 14.4 Å². The van der Waals surface area contributed by atoms with Crippen molar-refractivity contribution in [3.63, 3.8) is 0 Å². The van der Waals surface area contributed by atoms with Crippen LogP contribution in [0.2, 0.25) is 25.7 Å². The van der Waals surface area contributed by atoms with Gasteiger partial charge in [-0.3, -0.25) is 14.5 Å². The Balaban J connectivity index is 1.98. The highest BCUT2D eigenvalue weighted by Gasteiger charge is 2.45. The third-order valence-corrected chi connectivity index (χ3v) is 7.03. The van der Waals surface area contributed by atoms with Crippen LogP contribution in [0.25, 0.3) is 0 Å². The Morgan fingerprint density at radius 3 is 2.41 bits per heavy atom. The number of fused-ring (bicyclic) bond motifs is 2. The van der Waals surface area contributed by atoms with Crippen molar-refractivity contribution in [3.05, 3.63) is 17.7 Å². The molecule has 0 unspecified atom stereocenters. The van der Waals surface area contributed by atoms with E-state index in [-0.39, 0.29) is 31.5 Å². The lowest BCUT2D eigenvalue weighted by atomic mass is 10.1. The van der Waals surface area contributed by atoms with Gasteiger partial charge in [-0.2, -0.15) is 0 Å². The van der Waals surface area contributed by atoms with Crippen LogP contribution in [0.5, 0.6) is 11.5 Å². The first-order valence-electron chi connectivity index (χ1n) is 9.80.